The van der Waals surface area contributed by atoms with Crippen molar-refractivity contribution in [3.8, 4) is 11.5 Å². The van der Waals surface area contributed by atoms with Crippen molar-refractivity contribution in [3.63, 3.8) is 0 Å². The van der Waals surface area contributed by atoms with Crippen LogP contribution in [0.4, 0.5) is 0 Å². The summed E-state index contributed by atoms with van der Waals surface area (Å²) in [4.78, 5) is 4.49. The minimum atomic E-state index is 0.445. The van der Waals surface area contributed by atoms with E-state index in [0.29, 0.717) is 19.6 Å². The highest BCUT2D eigenvalue weighted by Crippen LogP contribution is 2.25. The number of aryl methyl sites for hydroxylation is 1. The predicted octanol–water partition coefficient (Wildman–Crippen LogP) is 3.24. The molecule has 0 aliphatic carbocycles. The van der Waals surface area contributed by atoms with Gasteiger partial charge in [-0.3, -0.25) is 4.98 Å². The van der Waals surface area contributed by atoms with E-state index in [9.17, 15) is 0 Å². The van der Waals surface area contributed by atoms with Gasteiger partial charge in [0.1, 0.15) is 18.1 Å². The van der Waals surface area contributed by atoms with Crippen molar-refractivity contribution >= 4 is 15.9 Å². The summed E-state index contributed by atoms with van der Waals surface area (Å²) in [5.41, 5.74) is 8.52. The van der Waals surface area contributed by atoms with Gasteiger partial charge in [-0.05, 0) is 43.8 Å². The first-order chi connectivity index (χ1) is 10.1. The molecule has 0 aliphatic heterocycles. The van der Waals surface area contributed by atoms with Crippen molar-refractivity contribution < 1.29 is 9.47 Å². The topological polar surface area (TPSA) is 57.4 Å². The molecule has 2 N–H and O–H groups in total. The number of ether oxygens (including phenoxy) is 2. The highest BCUT2D eigenvalue weighted by atomic mass is 79.9. The molecule has 112 valence electrons. The van der Waals surface area contributed by atoms with E-state index in [1.54, 1.807) is 7.11 Å². The number of aromatic nitrogens is 1. The van der Waals surface area contributed by atoms with Gasteiger partial charge in [-0.25, -0.2) is 0 Å². The van der Waals surface area contributed by atoms with Crippen molar-refractivity contribution in [2.75, 3.05) is 13.7 Å². The predicted molar refractivity (Wildman–Crippen MR) is 86.8 cm³/mol. The SMILES string of the molecule is COc1ccc(Br)c(COc2ccc(C)nc2CCN)c1. The van der Waals surface area contributed by atoms with E-state index in [0.717, 1.165) is 32.9 Å². The zero-order valence-corrected chi connectivity index (χ0v) is 13.8. The first-order valence-corrected chi connectivity index (χ1v) is 7.55. The monoisotopic (exact) mass is 350 g/mol. The van der Waals surface area contributed by atoms with E-state index in [1.807, 2.05) is 37.3 Å². The fourth-order valence-electron chi connectivity index (χ4n) is 1.99. The summed E-state index contributed by atoms with van der Waals surface area (Å²) in [6, 6.07) is 9.69. The molecule has 21 heavy (non-hydrogen) atoms. The fourth-order valence-corrected chi connectivity index (χ4v) is 2.35. The number of rotatable bonds is 6. The molecule has 1 aromatic heterocycles. The Balaban J connectivity index is 2.16. The number of nitrogens with two attached hydrogens (primary N) is 1. The summed E-state index contributed by atoms with van der Waals surface area (Å²) >= 11 is 3.52. The second-order valence-electron chi connectivity index (χ2n) is 4.68. The quantitative estimate of drug-likeness (QED) is 0.868. The Bertz CT molecular complexity index is 617. The third-order valence-corrected chi connectivity index (χ3v) is 3.86. The lowest BCUT2D eigenvalue weighted by molar-refractivity contribution is 0.299. The summed E-state index contributed by atoms with van der Waals surface area (Å²) in [5, 5.41) is 0. The van der Waals surface area contributed by atoms with Crippen LogP contribution in [0.5, 0.6) is 11.5 Å². The average Bonchev–Trinajstić information content (AvgIpc) is 2.48. The molecule has 0 amide bonds. The Kier molecular flexibility index (Phi) is 5.59. The molecule has 1 heterocycles. The fraction of sp³-hybridized carbons (Fsp3) is 0.312. The Labute approximate surface area is 133 Å². The van der Waals surface area contributed by atoms with Gasteiger partial charge in [0.2, 0.25) is 0 Å². The molecule has 1 aromatic carbocycles. The number of halogens is 1. The molecule has 0 fully saturated rings. The molecular formula is C16H19BrN2O2. The van der Waals surface area contributed by atoms with Crippen molar-refractivity contribution in [2.24, 2.45) is 5.73 Å². The van der Waals surface area contributed by atoms with Crippen molar-refractivity contribution in [1.82, 2.24) is 4.98 Å². The third kappa shape index (κ3) is 4.19. The van der Waals surface area contributed by atoms with E-state index in [4.69, 9.17) is 15.2 Å². The number of methoxy groups -OCH3 is 1. The van der Waals surface area contributed by atoms with E-state index in [2.05, 4.69) is 20.9 Å². The van der Waals surface area contributed by atoms with Crippen LogP contribution in [0.25, 0.3) is 0 Å². The average molecular weight is 351 g/mol. The lowest BCUT2D eigenvalue weighted by Crippen LogP contribution is -2.08. The van der Waals surface area contributed by atoms with Gasteiger partial charge in [0.05, 0.1) is 12.8 Å². The van der Waals surface area contributed by atoms with Gasteiger partial charge in [0.15, 0.2) is 0 Å². The van der Waals surface area contributed by atoms with E-state index >= 15 is 0 Å². The third-order valence-electron chi connectivity index (χ3n) is 3.09. The lowest BCUT2D eigenvalue weighted by Gasteiger charge is -2.12. The summed E-state index contributed by atoms with van der Waals surface area (Å²) in [5.74, 6) is 1.58. The molecule has 2 rings (SSSR count). The molecule has 4 nitrogen and oxygen atoms in total. The Hall–Kier alpha value is -1.59. The maximum Gasteiger partial charge on any atom is 0.141 e. The van der Waals surface area contributed by atoms with E-state index in [-0.39, 0.29) is 0 Å². The van der Waals surface area contributed by atoms with Crippen LogP contribution in [0, 0.1) is 6.92 Å². The van der Waals surface area contributed by atoms with Crippen LogP contribution in [0.15, 0.2) is 34.8 Å². The second kappa shape index (κ2) is 7.43. The molecule has 0 aliphatic rings. The molecule has 0 radical (unpaired) electrons. The molecule has 0 atom stereocenters. The smallest absolute Gasteiger partial charge is 0.141 e. The van der Waals surface area contributed by atoms with Gasteiger partial charge in [0.25, 0.3) is 0 Å². The van der Waals surface area contributed by atoms with Crippen LogP contribution >= 0.6 is 15.9 Å². The Morgan fingerprint density at radius 1 is 1.24 bits per heavy atom. The number of benzene rings is 1. The van der Waals surface area contributed by atoms with Crippen molar-refractivity contribution in [3.05, 3.63) is 51.8 Å². The van der Waals surface area contributed by atoms with Crippen LogP contribution < -0.4 is 15.2 Å². The van der Waals surface area contributed by atoms with Crippen LogP contribution in [0.2, 0.25) is 0 Å². The Morgan fingerprint density at radius 3 is 2.76 bits per heavy atom. The van der Waals surface area contributed by atoms with E-state index < -0.39 is 0 Å². The summed E-state index contributed by atoms with van der Waals surface area (Å²) in [7, 11) is 1.65. The molecule has 0 saturated carbocycles. The maximum absolute atomic E-state index is 5.91. The molecule has 2 aromatic rings. The van der Waals surface area contributed by atoms with Gasteiger partial charge in [-0.1, -0.05) is 15.9 Å². The van der Waals surface area contributed by atoms with Gasteiger partial charge >= 0.3 is 0 Å². The highest BCUT2D eigenvalue weighted by molar-refractivity contribution is 9.10. The normalized spacial score (nSPS) is 10.5. The van der Waals surface area contributed by atoms with Crippen LogP contribution in [0.3, 0.4) is 0 Å². The van der Waals surface area contributed by atoms with Gasteiger partial charge in [-0.15, -0.1) is 0 Å². The second-order valence-corrected chi connectivity index (χ2v) is 5.54. The molecule has 5 heteroatoms. The molecule has 0 spiro atoms. The van der Waals surface area contributed by atoms with Crippen molar-refractivity contribution in [2.45, 2.75) is 20.0 Å². The largest absolute Gasteiger partial charge is 0.497 e. The van der Waals surface area contributed by atoms with Gasteiger partial charge in [-0.2, -0.15) is 0 Å². The summed E-state index contributed by atoms with van der Waals surface area (Å²) < 4.78 is 12.1. The first kappa shape index (κ1) is 15.8. The van der Waals surface area contributed by atoms with Crippen LogP contribution in [-0.2, 0) is 13.0 Å². The molecular weight excluding hydrogens is 332 g/mol. The van der Waals surface area contributed by atoms with Crippen LogP contribution in [0.1, 0.15) is 17.0 Å². The molecule has 0 unspecified atom stereocenters. The number of pyridine rings is 1. The molecule has 0 saturated heterocycles. The van der Waals surface area contributed by atoms with Crippen molar-refractivity contribution in [1.29, 1.82) is 0 Å². The highest BCUT2D eigenvalue weighted by Gasteiger charge is 2.08. The zero-order valence-electron chi connectivity index (χ0n) is 12.2. The number of hydrogen-bond donors (Lipinski definition) is 1. The minimum absolute atomic E-state index is 0.445. The van der Waals surface area contributed by atoms with E-state index in [1.165, 1.54) is 0 Å². The lowest BCUT2D eigenvalue weighted by atomic mass is 10.2. The summed E-state index contributed by atoms with van der Waals surface area (Å²) in [6.07, 6.45) is 0.705. The van der Waals surface area contributed by atoms with Gasteiger partial charge in [0, 0.05) is 22.2 Å². The minimum Gasteiger partial charge on any atom is -0.497 e. The number of hydrogen-bond acceptors (Lipinski definition) is 4. The summed E-state index contributed by atoms with van der Waals surface area (Å²) in [6.45, 7) is 2.96. The number of nitrogens with zero attached hydrogens (tertiary/aromatic N) is 1. The maximum atomic E-state index is 5.91. The first-order valence-electron chi connectivity index (χ1n) is 6.76. The molecule has 0 bridgehead atoms. The van der Waals surface area contributed by atoms with Gasteiger partial charge < -0.3 is 15.2 Å². The Morgan fingerprint density at radius 2 is 2.05 bits per heavy atom. The zero-order chi connectivity index (χ0) is 15.2. The standard InChI is InChI=1S/C16H19BrN2O2/c1-11-3-6-16(15(19-11)7-8-18)21-10-12-9-13(20-2)4-5-14(12)17/h3-6,9H,7-8,10,18H2,1-2H3. The van der Waals surface area contributed by atoms with Crippen LogP contribution in [-0.4, -0.2) is 18.6 Å².